The van der Waals surface area contributed by atoms with Crippen molar-refractivity contribution < 1.29 is 14.3 Å². The fourth-order valence-corrected chi connectivity index (χ4v) is 3.73. The van der Waals surface area contributed by atoms with Gasteiger partial charge >= 0.3 is 0 Å². The summed E-state index contributed by atoms with van der Waals surface area (Å²) < 4.78 is 10.8. The number of nitrogens with one attached hydrogen (secondary N) is 1. The van der Waals surface area contributed by atoms with E-state index < -0.39 is 5.41 Å². The molecular weight excluding hydrogens is 314 g/mol. The molecule has 4 heteroatoms. The second-order valence-electron chi connectivity index (χ2n) is 6.68. The van der Waals surface area contributed by atoms with E-state index in [9.17, 15) is 4.79 Å². The van der Waals surface area contributed by atoms with Gasteiger partial charge in [0.15, 0.2) is 11.5 Å². The Morgan fingerprint density at radius 3 is 2.36 bits per heavy atom. The molecule has 4 nitrogen and oxygen atoms in total. The summed E-state index contributed by atoms with van der Waals surface area (Å²) in [5.74, 6) is 1.40. The fraction of sp³-hybridized carbons (Fsp3) is 0.381. The maximum atomic E-state index is 13.2. The third-order valence-electron chi connectivity index (χ3n) is 5.10. The van der Waals surface area contributed by atoms with Crippen LogP contribution in [0.25, 0.3) is 0 Å². The normalized spacial score (nSPS) is 15.6. The van der Waals surface area contributed by atoms with Crippen LogP contribution < -0.4 is 14.8 Å². The molecule has 1 amide bonds. The van der Waals surface area contributed by atoms with Gasteiger partial charge in [-0.1, -0.05) is 31.0 Å². The van der Waals surface area contributed by atoms with Gasteiger partial charge in [-0.05, 0) is 55.2 Å². The quantitative estimate of drug-likeness (QED) is 0.875. The highest BCUT2D eigenvalue weighted by Crippen LogP contribution is 2.44. The van der Waals surface area contributed by atoms with Crippen molar-refractivity contribution in [2.75, 3.05) is 19.5 Å². The van der Waals surface area contributed by atoms with Crippen LogP contribution in [0.4, 0.5) is 5.69 Å². The van der Waals surface area contributed by atoms with E-state index in [1.54, 1.807) is 14.2 Å². The van der Waals surface area contributed by atoms with Crippen LogP contribution in [0.1, 0.15) is 36.8 Å². The topological polar surface area (TPSA) is 47.6 Å². The number of carbonyl (C=O) groups excluding carboxylic acids is 1. The Labute approximate surface area is 149 Å². The highest BCUT2D eigenvalue weighted by atomic mass is 16.5. The summed E-state index contributed by atoms with van der Waals surface area (Å²) >= 11 is 0. The van der Waals surface area contributed by atoms with Crippen LogP contribution in [0.3, 0.4) is 0 Å². The van der Waals surface area contributed by atoms with Crippen molar-refractivity contribution in [1.82, 2.24) is 0 Å². The minimum absolute atomic E-state index is 0.0582. The minimum atomic E-state index is -0.511. The number of benzene rings is 2. The van der Waals surface area contributed by atoms with E-state index in [2.05, 4.69) is 5.32 Å². The van der Waals surface area contributed by atoms with Crippen LogP contribution in [-0.4, -0.2) is 20.1 Å². The Balaban J connectivity index is 1.95. The van der Waals surface area contributed by atoms with Crippen LogP contribution in [0.15, 0.2) is 42.5 Å². The molecule has 132 valence electrons. The lowest BCUT2D eigenvalue weighted by atomic mass is 9.77. The van der Waals surface area contributed by atoms with Crippen LogP contribution in [0.5, 0.6) is 11.5 Å². The van der Waals surface area contributed by atoms with Crippen LogP contribution >= 0.6 is 0 Å². The van der Waals surface area contributed by atoms with Gasteiger partial charge in [0.05, 0.1) is 19.6 Å². The second kappa shape index (κ2) is 7.18. The molecule has 1 aliphatic rings. The predicted octanol–water partition coefficient (Wildman–Crippen LogP) is 4.46. The van der Waals surface area contributed by atoms with Crippen molar-refractivity contribution >= 4 is 11.6 Å². The molecule has 2 aromatic rings. The van der Waals surface area contributed by atoms with Gasteiger partial charge in [0.2, 0.25) is 5.91 Å². The zero-order chi connectivity index (χ0) is 17.9. The van der Waals surface area contributed by atoms with E-state index in [1.165, 1.54) is 0 Å². The van der Waals surface area contributed by atoms with E-state index >= 15 is 0 Å². The number of aryl methyl sites for hydroxylation is 1. The molecule has 0 spiro atoms. The third kappa shape index (κ3) is 3.34. The van der Waals surface area contributed by atoms with Crippen LogP contribution in [-0.2, 0) is 10.2 Å². The first-order valence-corrected chi connectivity index (χ1v) is 8.70. The standard InChI is InChI=1S/C21H25NO3/c1-15-7-6-8-17(13-15)22-20(23)21(11-4-5-12-21)16-9-10-18(24-2)19(14-16)25-3/h6-10,13-14H,4-5,11-12H2,1-3H3,(H,22,23). The van der Waals surface area contributed by atoms with E-state index in [-0.39, 0.29) is 5.91 Å². The molecule has 0 atom stereocenters. The summed E-state index contributed by atoms with van der Waals surface area (Å²) in [6.45, 7) is 2.02. The summed E-state index contributed by atoms with van der Waals surface area (Å²) in [4.78, 5) is 13.2. The molecule has 0 radical (unpaired) electrons. The van der Waals surface area contributed by atoms with E-state index in [4.69, 9.17) is 9.47 Å². The van der Waals surface area contributed by atoms with Crippen LogP contribution in [0.2, 0.25) is 0 Å². The summed E-state index contributed by atoms with van der Waals surface area (Å²) in [5, 5.41) is 3.12. The van der Waals surface area contributed by atoms with Gasteiger partial charge in [0.1, 0.15) is 0 Å². The Bertz CT molecular complexity index is 763. The molecular formula is C21H25NO3. The molecule has 0 aliphatic heterocycles. The van der Waals surface area contributed by atoms with Crippen molar-refractivity contribution in [3.05, 3.63) is 53.6 Å². The Morgan fingerprint density at radius 2 is 1.72 bits per heavy atom. The molecule has 0 unspecified atom stereocenters. The van der Waals surface area contributed by atoms with Crippen LogP contribution in [0, 0.1) is 6.92 Å². The summed E-state index contributed by atoms with van der Waals surface area (Å²) in [6.07, 6.45) is 3.80. The number of rotatable bonds is 5. The first-order valence-electron chi connectivity index (χ1n) is 8.70. The number of ether oxygens (including phenoxy) is 2. The smallest absolute Gasteiger partial charge is 0.235 e. The lowest BCUT2D eigenvalue weighted by Crippen LogP contribution is -2.38. The van der Waals surface area contributed by atoms with Crippen molar-refractivity contribution in [2.24, 2.45) is 0 Å². The number of hydrogen-bond acceptors (Lipinski definition) is 3. The van der Waals surface area contributed by atoms with Crippen molar-refractivity contribution in [2.45, 2.75) is 38.0 Å². The minimum Gasteiger partial charge on any atom is -0.493 e. The largest absolute Gasteiger partial charge is 0.493 e. The number of carbonyl (C=O) groups is 1. The Morgan fingerprint density at radius 1 is 1.00 bits per heavy atom. The van der Waals surface area contributed by atoms with Crippen molar-refractivity contribution in [3.8, 4) is 11.5 Å². The zero-order valence-electron chi connectivity index (χ0n) is 15.1. The molecule has 25 heavy (non-hydrogen) atoms. The average Bonchev–Trinajstić information content (AvgIpc) is 3.12. The van der Waals surface area contributed by atoms with Gasteiger partial charge in [0.25, 0.3) is 0 Å². The fourth-order valence-electron chi connectivity index (χ4n) is 3.73. The molecule has 3 rings (SSSR count). The predicted molar refractivity (Wildman–Crippen MR) is 99.5 cm³/mol. The summed E-state index contributed by atoms with van der Waals surface area (Å²) in [5.41, 5.74) is 2.46. The maximum Gasteiger partial charge on any atom is 0.235 e. The van der Waals surface area contributed by atoms with Gasteiger partial charge in [-0.2, -0.15) is 0 Å². The lowest BCUT2D eigenvalue weighted by molar-refractivity contribution is -0.121. The number of methoxy groups -OCH3 is 2. The molecule has 0 saturated heterocycles. The SMILES string of the molecule is COc1ccc(C2(C(=O)Nc3cccc(C)c3)CCCC2)cc1OC. The molecule has 0 heterocycles. The molecule has 1 N–H and O–H groups in total. The molecule has 1 fully saturated rings. The van der Waals surface area contributed by atoms with E-state index in [0.29, 0.717) is 11.5 Å². The average molecular weight is 339 g/mol. The van der Waals surface area contributed by atoms with Gasteiger partial charge < -0.3 is 14.8 Å². The monoisotopic (exact) mass is 339 g/mol. The molecule has 1 aliphatic carbocycles. The Hall–Kier alpha value is -2.49. The maximum absolute atomic E-state index is 13.2. The van der Waals surface area contributed by atoms with Gasteiger partial charge in [-0.15, -0.1) is 0 Å². The molecule has 0 bridgehead atoms. The highest BCUT2D eigenvalue weighted by molar-refractivity contribution is 5.99. The second-order valence-corrected chi connectivity index (χ2v) is 6.68. The van der Waals surface area contributed by atoms with E-state index in [0.717, 1.165) is 42.5 Å². The lowest BCUT2D eigenvalue weighted by Gasteiger charge is -2.29. The Kier molecular flexibility index (Phi) is 4.98. The van der Waals surface area contributed by atoms with Crippen molar-refractivity contribution in [3.63, 3.8) is 0 Å². The highest BCUT2D eigenvalue weighted by Gasteiger charge is 2.43. The first-order chi connectivity index (χ1) is 12.1. The van der Waals surface area contributed by atoms with Gasteiger partial charge in [-0.3, -0.25) is 4.79 Å². The number of hydrogen-bond donors (Lipinski definition) is 1. The third-order valence-corrected chi connectivity index (χ3v) is 5.10. The number of anilines is 1. The van der Waals surface area contributed by atoms with E-state index in [1.807, 2.05) is 49.4 Å². The summed E-state index contributed by atoms with van der Waals surface area (Å²) in [6, 6.07) is 13.7. The first kappa shape index (κ1) is 17.3. The zero-order valence-corrected chi connectivity index (χ0v) is 15.1. The van der Waals surface area contributed by atoms with Crippen molar-refractivity contribution in [1.29, 1.82) is 0 Å². The van der Waals surface area contributed by atoms with Gasteiger partial charge in [0, 0.05) is 5.69 Å². The summed E-state index contributed by atoms with van der Waals surface area (Å²) in [7, 11) is 3.24. The number of amides is 1. The van der Waals surface area contributed by atoms with Gasteiger partial charge in [-0.25, -0.2) is 0 Å². The molecule has 2 aromatic carbocycles. The molecule has 0 aromatic heterocycles. The molecule has 1 saturated carbocycles.